The van der Waals surface area contributed by atoms with Gasteiger partial charge in [-0.2, -0.15) is 0 Å². The number of carbonyl (C=O) groups excluding carboxylic acids is 1. The second-order valence-electron chi connectivity index (χ2n) is 7.44. The Morgan fingerprint density at radius 3 is 2.42 bits per heavy atom. The highest BCUT2D eigenvalue weighted by atomic mass is 16.6. The molecule has 31 heavy (non-hydrogen) atoms. The molecule has 0 saturated carbocycles. The largest absolute Gasteiger partial charge is 0.479 e. The Balaban J connectivity index is 1.57. The molecule has 0 bridgehead atoms. The molecule has 0 aliphatic rings. The SMILES string of the molecule is CC(C)OC(=O)C(C)Oc1ccc2c(=O)c(Oc3ccc4ccccc4c3)coc2c1. The number of ether oxygens (including phenoxy) is 3. The van der Waals surface area contributed by atoms with Gasteiger partial charge < -0.3 is 18.6 Å². The molecule has 1 aromatic heterocycles. The van der Waals surface area contributed by atoms with Crippen LogP contribution in [0.3, 0.4) is 0 Å². The van der Waals surface area contributed by atoms with Crippen molar-refractivity contribution in [2.45, 2.75) is 33.0 Å². The number of esters is 1. The summed E-state index contributed by atoms with van der Waals surface area (Å²) in [6, 6.07) is 18.3. The predicted octanol–water partition coefficient (Wildman–Crippen LogP) is 5.46. The van der Waals surface area contributed by atoms with Gasteiger partial charge >= 0.3 is 5.97 Å². The molecule has 4 rings (SSSR count). The maximum atomic E-state index is 12.9. The summed E-state index contributed by atoms with van der Waals surface area (Å²) in [6.45, 7) is 5.14. The summed E-state index contributed by atoms with van der Waals surface area (Å²) in [7, 11) is 0. The Bertz CT molecular complexity index is 1300. The maximum absolute atomic E-state index is 12.9. The van der Waals surface area contributed by atoms with Gasteiger partial charge in [-0.1, -0.05) is 30.3 Å². The topological polar surface area (TPSA) is 75.0 Å². The van der Waals surface area contributed by atoms with Gasteiger partial charge in [0.2, 0.25) is 11.2 Å². The fraction of sp³-hybridized carbons (Fsp3) is 0.200. The van der Waals surface area contributed by atoms with Gasteiger partial charge in [-0.25, -0.2) is 4.79 Å². The van der Waals surface area contributed by atoms with Crippen LogP contribution < -0.4 is 14.9 Å². The highest BCUT2D eigenvalue weighted by Crippen LogP contribution is 2.27. The van der Waals surface area contributed by atoms with Gasteiger partial charge in [0.25, 0.3) is 0 Å². The van der Waals surface area contributed by atoms with E-state index in [1.54, 1.807) is 45.0 Å². The van der Waals surface area contributed by atoms with Crippen LogP contribution >= 0.6 is 0 Å². The molecule has 0 aliphatic carbocycles. The molecule has 6 heteroatoms. The van der Waals surface area contributed by atoms with E-state index in [4.69, 9.17) is 18.6 Å². The molecule has 0 saturated heterocycles. The van der Waals surface area contributed by atoms with Gasteiger partial charge in [0.1, 0.15) is 23.3 Å². The van der Waals surface area contributed by atoms with Gasteiger partial charge in [-0.3, -0.25) is 4.79 Å². The second-order valence-corrected chi connectivity index (χ2v) is 7.44. The van der Waals surface area contributed by atoms with Crippen LogP contribution in [-0.2, 0) is 9.53 Å². The highest BCUT2D eigenvalue weighted by molar-refractivity contribution is 5.84. The second kappa shape index (κ2) is 8.52. The van der Waals surface area contributed by atoms with Crippen LogP contribution in [0, 0.1) is 0 Å². The first kappa shape index (κ1) is 20.5. The van der Waals surface area contributed by atoms with Gasteiger partial charge in [0.05, 0.1) is 11.5 Å². The molecule has 0 amide bonds. The number of hydrogen-bond acceptors (Lipinski definition) is 6. The van der Waals surface area contributed by atoms with Gasteiger partial charge in [0.15, 0.2) is 6.10 Å². The van der Waals surface area contributed by atoms with Crippen LogP contribution in [0.5, 0.6) is 17.2 Å². The monoisotopic (exact) mass is 418 g/mol. The molecular formula is C25H22O6. The summed E-state index contributed by atoms with van der Waals surface area (Å²) in [6.07, 6.45) is 0.261. The van der Waals surface area contributed by atoms with Crippen molar-refractivity contribution in [3.8, 4) is 17.2 Å². The Morgan fingerprint density at radius 1 is 0.903 bits per heavy atom. The van der Waals surface area contributed by atoms with E-state index in [0.29, 0.717) is 22.5 Å². The predicted molar refractivity (Wildman–Crippen MR) is 118 cm³/mol. The maximum Gasteiger partial charge on any atom is 0.347 e. The number of benzene rings is 3. The van der Waals surface area contributed by atoms with E-state index >= 15 is 0 Å². The van der Waals surface area contributed by atoms with Crippen LogP contribution in [-0.4, -0.2) is 18.2 Å². The van der Waals surface area contributed by atoms with Crippen LogP contribution in [0.2, 0.25) is 0 Å². The summed E-state index contributed by atoms with van der Waals surface area (Å²) in [5.74, 6) is 0.566. The highest BCUT2D eigenvalue weighted by Gasteiger charge is 2.18. The smallest absolute Gasteiger partial charge is 0.347 e. The summed E-state index contributed by atoms with van der Waals surface area (Å²) in [5, 5.41) is 2.44. The third-order valence-electron chi connectivity index (χ3n) is 4.66. The van der Waals surface area contributed by atoms with E-state index in [1.165, 1.54) is 6.26 Å². The minimum Gasteiger partial charge on any atom is -0.479 e. The van der Waals surface area contributed by atoms with E-state index in [0.717, 1.165) is 10.8 Å². The molecule has 0 spiro atoms. The molecule has 0 N–H and O–H groups in total. The van der Waals surface area contributed by atoms with Crippen LogP contribution in [0.4, 0.5) is 0 Å². The van der Waals surface area contributed by atoms with Crippen molar-refractivity contribution in [1.29, 1.82) is 0 Å². The van der Waals surface area contributed by atoms with Crippen molar-refractivity contribution in [3.05, 3.63) is 77.2 Å². The van der Waals surface area contributed by atoms with Gasteiger partial charge in [-0.15, -0.1) is 0 Å². The van der Waals surface area contributed by atoms with Crippen molar-refractivity contribution in [2.75, 3.05) is 0 Å². The van der Waals surface area contributed by atoms with Crippen molar-refractivity contribution in [2.24, 2.45) is 0 Å². The zero-order valence-electron chi connectivity index (χ0n) is 17.5. The molecule has 0 radical (unpaired) electrons. The Morgan fingerprint density at radius 2 is 1.65 bits per heavy atom. The van der Waals surface area contributed by atoms with Gasteiger partial charge in [0, 0.05) is 6.07 Å². The Hall–Kier alpha value is -3.80. The lowest BCUT2D eigenvalue weighted by Crippen LogP contribution is -2.28. The van der Waals surface area contributed by atoms with Gasteiger partial charge in [-0.05, 0) is 55.8 Å². The molecule has 6 nitrogen and oxygen atoms in total. The Labute approximate surface area is 179 Å². The minimum atomic E-state index is -0.790. The molecule has 1 unspecified atom stereocenters. The fourth-order valence-corrected chi connectivity index (χ4v) is 3.17. The van der Waals surface area contributed by atoms with E-state index in [-0.39, 0.29) is 17.3 Å². The molecule has 0 fully saturated rings. The van der Waals surface area contributed by atoms with E-state index in [9.17, 15) is 9.59 Å². The fourth-order valence-electron chi connectivity index (χ4n) is 3.17. The normalized spacial score (nSPS) is 12.1. The molecule has 4 aromatic rings. The van der Waals surface area contributed by atoms with Crippen molar-refractivity contribution >= 4 is 27.7 Å². The average molecular weight is 418 g/mol. The average Bonchev–Trinajstić information content (AvgIpc) is 2.75. The zero-order chi connectivity index (χ0) is 22.0. The first-order valence-corrected chi connectivity index (χ1v) is 10.00. The molecule has 1 atom stereocenters. The van der Waals surface area contributed by atoms with E-state index < -0.39 is 12.1 Å². The van der Waals surface area contributed by atoms with Crippen molar-refractivity contribution < 1.29 is 23.4 Å². The van der Waals surface area contributed by atoms with E-state index in [2.05, 4.69) is 0 Å². The van der Waals surface area contributed by atoms with E-state index in [1.807, 2.05) is 36.4 Å². The molecule has 158 valence electrons. The number of carbonyl (C=O) groups is 1. The van der Waals surface area contributed by atoms with Crippen molar-refractivity contribution in [3.63, 3.8) is 0 Å². The van der Waals surface area contributed by atoms with Crippen LogP contribution in [0.15, 0.2) is 76.1 Å². The first-order valence-electron chi connectivity index (χ1n) is 10.00. The Kier molecular flexibility index (Phi) is 5.62. The third-order valence-corrected chi connectivity index (χ3v) is 4.66. The van der Waals surface area contributed by atoms with Crippen LogP contribution in [0.25, 0.3) is 21.7 Å². The standard InChI is InChI=1S/C25H22O6/c1-15(2)29-25(27)16(3)30-20-10-11-21-22(13-20)28-14-23(24(21)26)31-19-9-8-17-6-4-5-7-18(17)12-19/h4-16H,1-3H3. The van der Waals surface area contributed by atoms with Crippen molar-refractivity contribution in [1.82, 2.24) is 0 Å². The molecule has 3 aromatic carbocycles. The lowest BCUT2D eigenvalue weighted by Gasteiger charge is -2.15. The van der Waals surface area contributed by atoms with Crippen LogP contribution in [0.1, 0.15) is 20.8 Å². The zero-order valence-corrected chi connectivity index (χ0v) is 17.5. The quantitative estimate of drug-likeness (QED) is 0.387. The molecular weight excluding hydrogens is 396 g/mol. The summed E-state index contributed by atoms with van der Waals surface area (Å²) in [4.78, 5) is 24.8. The first-order chi connectivity index (χ1) is 14.9. The third kappa shape index (κ3) is 4.53. The lowest BCUT2D eigenvalue weighted by molar-refractivity contribution is -0.154. The summed E-state index contributed by atoms with van der Waals surface area (Å²) < 4.78 is 22.2. The lowest BCUT2D eigenvalue weighted by atomic mass is 10.1. The molecule has 1 heterocycles. The number of fused-ring (bicyclic) bond motifs is 2. The summed E-state index contributed by atoms with van der Waals surface area (Å²) in [5.41, 5.74) is 0.0333. The summed E-state index contributed by atoms with van der Waals surface area (Å²) >= 11 is 0. The molecule has 0 aliphatic heterocycles. The number of rotatable bonds is 6. The minimum absolute atomic E-state index is 0.0883. The number of hydrogen-bond donors (Lipinski definition) is 0.